The molecule has 1 aromatic carbocycles. The molecule has 2 unspecified atom stereocenters. The molecule has 2 N–H and O–H groups in total. The third-order valence-corrected chi connectivity index (χ3v) is 4.31. The molecule has 0 radical (unpaired) electrons. The lowest BCUT2D eigenvalue weighted by Crippen LogP contribution is -2.51. The van der Waals surface area contributed by atoms with E-state index in [0.29, 0.717) is 10.6 Å². The van der Waals surface area contributed by atoms with E-state index in [4.69, 9.17) is 11.6 Å². The minimum Gasteiger partial charge on any atom is -0.352 e. The van der Waals surface area contributed by atoms with Crippen LogP contribution in [0, 0.1) is 5.92 Å². The van der Waals surface area contributed by atoms with Crippen LogP contribution >= 0.6 is 11.6 Å². The molecule has 0 fully saturated rings. The lowest BCUT2D eigenvalue weighted by atomic mass is 10.0. The molecule has 4 nitrogen and oxygen atoms in total. The second kappa shape index (κ2) is 10.3. The zero-order valence-corrected chi connectivity index (χ0v) is 15.8. The fourth-order valence-electron chi connectivity index (χ4n) is 2.50. The molecule has 0 spiro atoms. The van der Waals surface area contributed by atoms with Crippen LogP contribution in [0.4, 0.5) is 0 Å². The highest BCUT2D eigenvalue weighted by Crippen LogP contribution is 2.15. The molecule has 1 rings (SSSR count). The van der Waals surface area contributed by atoms with E-state index in [-0.39, 0.29) is 23.8 Å². The van der Waals surface area contributed by atoms with Crippen molar-refractivity contribution >= 4 is 23.4 Å². The highest BCUT2D eigenvalue weighted by molar-refractivity contribution is 6.33. The molecule has 0 aromatic heterocycles. The maximum absolute atomic E-state index is 12.5. The number of unbranched alkanes of at least 4 members (excludes halogenated alkanes) is 2. The zero-order chi connectivity index (χ0) is 18.1. The molecule has 134 valence electrons. The van der Waals surface area contributed by atoms with Gasteiger partial charge in [0.05, 0.1) is 10.6 Å². The number of carbonyl (C=O) groups is 2. The van der Waals surface area contributed by atoms with Crippen LogP contribution in [-0.2, 0) is 4.79 Å². The van der Waals surface area contributed by atoms with E-state index in [9.17, 15) is 9.59 Å². The number of hydrogen-bond acceptors (Lipinski definition) is 2. The summed E-state index contributed by atoms with van der Waals surface area (Å²) in [7, 11) is 0. The molecule has 0 saturated heterocycles. The van der Waals surface area contributed by atoms with E-state index in [2.05, 4.69) is 17.6 Å². The number of benzene rings is 1. The van der Waals surface area contributed by atoms with Gasteiger partial charge in [-0.1, -0.05) is 63.8 Å². The second-order valence-electron chi connectivity index (χ2n) is 6.58. The number of halogens is 1. The van der Waals surface area contributed by atoms with E-state index in [0.717, 1.165) is 25.7 Å². The molecule has 1 aromatic rings. The maximum atomic E-state index is 12.5. The van der Waals surface area contributed by atoms with E-state index < -0.39 is 6.04 Å². The van der Waals surface area contributed by atoms with Gasteiger partial charge in [0.25, 0.3) is 5.91 Å². The van der Waals surface area contributed by atoms with Gasteiger partial charge < -0.3 is 10.6 Å². The molecule has 0 heterocycles. The number of carbonyl (C=O) groups excluding carboxylic acids is 2. The van der Waals surface area contributed by atoms with Crippen LogP contribution in [0.1, 0.15) is 63.7 Å². The first-order chi connectivity index (χ1) is 11.4. The zero-order valence-electron chi connectivity index (χ0n) is 15.1. The van der Waals surface area contributed by atoms with Gasteiger partial charge in [-0.3, -0.25) is 9.59 Å². The summed E-state index contributed by atoms with van der Waals surface area (Å²) in [5.41, 5.74) is 0.383. The lowest BCUT2D eigenvalue weighted by Gasteiger charge is -2.24. The number of hydrogen-bond donors (Lipinski definition) is 2. The van der Waals surface area contributed by atoms with Gasteiger partial charge in [-0.05, 0) is 31.4 Å². The molecule has 0 saturated carbocycles. The van der Waals surface area contributed by atoms with Crippen molar-refractivity contribution in [3.05, 3.63) is 34.9 Å². The van der Waals surface area contributed by atoms with Gasteiger partial charge in [0.15, 0.2) is 0 Å². The molecule has 24 heavy (non-hydrogen) atoms. The first-order valence-electron chi connectivity index (χ1n) is 8.72. The monoisotopic (exact) mass is 352 g/mol. The van der Waals surface area contributed by atoms with Crippen molar-refractivity contribution in [2.45, 2.75) is 65.5 Å². The van der Waals surface area contributed by atoms with Gasteiger partial charge in [-0.25, -0.2) is 0 Å². The Morgan fingerprint density at radius 3 is 2.33 bits per heavy atom. The van der Waals surface area contributed by atoms with Crippen molar-refractivity contribution in [3.63, 3.8) is 0 Å². The number of amides is 2. The van der Waals surface area contributed by atoms with Crippen LogP contribution in [0.15, 0.2) is 24.3 Å². The quantitative estimate of drug-likeness (QED) is 0.655. The highest BCUT2D eigenvalue weighted by Gasteiger charge is 2.26. The van der Waals surface area contributed by atoms with Crippen molar-refractivity contribution < 1.29 is 9.59 Å². The van der Waals surface area contributed by atoms with Crippen LogP contribution in [0.3, 0.4) is 0 Å². The summed E-state index contributed by atoms with van der Waals surface area (Å²) in [6, 6.07) is 6.35. The summed E-state index contributed by atoms with van der Waals surface area (Å²) < 4.78 is 0. The van der Waals surface area contributed by atoms with Gasteiger partial charge in [0, 0.05) is 6.04 Å². The van der Waals surface area contributed by atoms with E-state index in [1.165, 1.54) is 0 Å². The van der Waals surface area contributed by atoms with Crippen LogP contribution in [0.5, 0.6) is 0 Å². The van der Waals surface area contributed by atoms with Gasteiger partial charge >= 0.3 is 0 Å². The van der Waals surface area contributed by atoms with Crippen molar-refractivity contribution in [3.8, 4) is 0 Å². The van der Waals surface area contributed by atoms with E-state index in [1.807, 2.05) is 20.8 Å². The molecular weight excluding hydrogens is 324 g/mol. The summed E-state index contributed by atoms with van der Waals surface area (Å²) in [5.74, 6) is -0.484. The van der Waals surface area contributed by atoms with E-state index >= 15 is 0 Å². The van der Waals surface area contributed by atoms with Crippen LogP contribution < -0.4 is 10.6 Å². The van der Waals surface area contributed by atoms with Crippen LogP contribution in [-0.4, -0.2) is 23.9 Å². The van der Waals surface area contributed by atoms with Gasteiger partial charge in [0.1, 0.15) is 6.04 Å². The summed E-state index contributed by atoms with van der Waals surface area (Å²) in [6.07, 6.45) is 4.36. The Kier molecular flexibility index (Phi) is 8.83. The van der Waals surface area contributed by atoms with Crippen molar-refractivity contribution in [2.75, 3.05) is 0 Å². The third-order valence-electron chi connectivity index (χ3n) is 3.98. The summed E-state index contributed by atoms with van der Waals surface area (Å²) in [4.78, 5) is 24.9. The van der Waals surface area contributed by atoms with Crippen LogP contribution in [0.25, 0.3) is 0 Å². The van der Waals surface area contributed by atoms with Crippen molar-refractivity contribution in [2.24, 2.45) is 5.92 Å². The fourth-order valence-corrected chi connectivity index (χ4v) is 2.73. The maximum Gasteiger partial charge on any atom is 0.253 e. The largest absolute Gasteiger partial charge is 0.352 e. The van der Waals surface area contributed by atoms with Gasteiger partial charge in [-0.15, -0.1) is 0 Å². The van der Waals surface area contributed by atoms with Gasteiger partial charge in [-0.2, -0.15) is 0 Å². The Morgan fingerprint density at radius 1 is 1.08 bits per heavy atom. The average Bonchev–Trinajstić information content (AvgIpc) is 2.52. The summed E-state index contributed by atoms with van der Waals surface area (Å²) in [5, 5.41) is 6.20. The topological polar surface area (TPSA) is 58.2 Å². The lowest BCUT2D eigenvalue weighted by molar-refractivity contribution is -0.124. The highest BCUT2D eigenvalue weighted by atomic mass is 35.5. The number of nitrogens with one attached hydrogen (secondary N) is 2. The molecule has 2 amide bonds. The Balaban J connectivity index is 2.68. The fraction of sp³-hybridized carbons (Fsp3) is 0.579. The molecule has 2 atom stereocenters. The minimum atomic E-state index is -0.581. The van der Waals surface area contributed by atoms with Gasteiger partial charge in [0.2, 0.25) is 5.91 Å². The molecule has 0 bridgehead atoms. The summed E-state index contributed by atoms with van der Waals surface area (Å²) in [6.45, 7) is 7.99. The predicted molar refractivity (Wildman–Crippen MR) is 99.3 cm³/mol. The molecular formula is C19H29ClN2O2. The normalized spacial score (nSPS) is 13.4. The van der Waals surface area contributed by atoms with Crippen LogP contribution in [0.2, 0.25) is 5.02 Å². The molecule has 0 aliphatic heterocycles. The van der Waals surface area contributed by atoms with Crippen molar-refractivity contribution in [1.29, 1.82) is 0 Å². The first kappa shape index (κ1) is 20.5. The number of rotatable bonds is 9. The first-order valence-corrected chi connectivity index (χ1v) is 9.10. The Morgan fingerprint density at radius 2 is 1.75 bits per heavy atom. The summed E-state index contributed by atoms with van der Waals surface area (Å²) >= 11 is 6.06. The molecule has 0 aliphatic carbocycles. The molecule has 0 aliphatic rings. The van der Waals surface area contributed by atoms with Crippen molar-refractivity contribution in [1.82, 2.24) is 10.6 Å². The molecule has 5 heteroatoms. The SMILES string of the molecule is CCCCCC(C)NC(=O)C(NC(=O)c1ccccc1Cl)C(C)C. The Hall–Kier alpha value is -1.55. The smallest absolute Gasteiger partial charge is 0.253 e. The predicted octanol–water partition coefficient (Wildman–Crippen LogP) is 4.18. The second-order valence-corrected chi connectivity index (χ2v) is 6.99. The minimum absolute atomic E-state index is 0.0146. The third kappa shape index (κ3) is 6.52. The Labute approximate surface area is 150 Å². The van der Waals surface area contributed by atoms with E-state index in [1.54, 1.807) is 24.3 Å². The standard InChI is InChI=1S/C19H29ClN2O2/c1-5-6-7-10-14(4)21-19(24)17(13(2)3)22-18(23)15-11-8-9-12-16(15)20/h8-9,11-14,17H,5-7,10H2,1-4H3,(H,21,24)(H,22,23). The average molecular weight is 353 g/mol. The Bertz CT molecular complexity index is 546.